The highest BCUT2D eigenvalue weighted by atomic mass is 19.1. The molecule has 7 nitrogen and oxygen atoms in total. The van der Waals surface area contributed by atoms with Gasteiger partial charge in [0.1, 0.15) is 12.4 Å². The van der Waals surface area contributed by atoms with Crippen LogP contribution in [0.4, 0.5) is 10.1 Å². The van der Waals surface area contributed by atoms with Crippen LogP contribution in [0, 0.1) is 5.82 Å². The Morgan fingerprint density at radius 3 is 2.77 bits per heavy atom. The molecule has 2 heterocycles. The largest absolute Gasteiger partial charge is 0.475 e. The zero-order valence-electron chi connectivity index (χ0n) is 16.2. The van der Waals surface area contributed by atoms with Gasteiger partial charge in [-0.25, -0.2) is 9.37 Å². The van der Waals surface area contributed by atoms with Crippen molar-refractivity contribution < 1.29 is 23.4 Å². The lowest BCUT2D eigenvalue weighted by Gasteiger charge is -2.07. The lowest BCUT2D eigenvalue weighted by Crippen LogP contribution is -2.09. The van der Waals surface area contributed by atoms with E-state index in [9.17, 15) is 9.18 Å². The van der Waals surface area contributed by atoms with Crippen LogP contribution in [0.15, 0.2) is 67.1 Å². The molecule has 0 aliphatic rings. The summed E-state index contributed by atoms with van der Waals surface area (Å²) in [6, 6.07) is 11.1. The number of nitrogens with zero attached hydrogens (tertiary/aromatic N) is 2. The number of ether oxygens (including phenoxy) is 3. The summed E-state index contributed by atoms with van der Waals surface area (Å²) < 4.78 is 29.9. The number of pyridine rings is 2. The Hall–Kier alpha value is -3.78. The first-order chi connectivity index (χ1) is 14.6. The first-order valence-corrected chi connectivity index (χ1v) is 9.08. The molecule has 0 atom stereocenters. The predicted octanol–water partition coefficient (Wildman–Crippen LogP) is 4.09. The lowest BCUT2D eigenvalue weighted by atomic mass is 10.2. The summed E-state index contributed by atoms with van der Waals surface area (Å²) in [6.45, 7) is 0.850. The zero-order valence-corrected chi connectivity index (χ0v) is 16.2. The molecule has 3 rings (SSSR count). The van der Waals surface area contributed by atoms with Gasteiger partial charge < -0.3 is 19.5 Å². The van der Waals surface area contributed by atoms with Gasteiger partial charge in [0, 0.05) is 25.4 Å². The Morgan fingerprint density at radius 1 is 1.17 bits per heavy atom. The van der Waals surface area contributed by atoms with E-state index in [0.29, 0.717) is 36.1 Å². The average Bonchev–Trinajstić information content (AvgIpc) is 2.76. The number of halogens is 1. The Bertz CT molecular complexity index is 995. The lowest BCUT2D eigenvalue weighted by molar-refractivity contribution is -0.111. The highest BCUT2D eigenvalue weighted by Gasteiger charge is 2.06. The van der Waals surface area contributed by atoms with Crippen molar-refractivity contribution in [3.05, 3.63) is 78.5 Å². The second-order valence-electron chi connectivity index (χ2n) is 6.03. The summed E-state index contributed by atoms with van der Waals surface area (Å²) in [5.74, 6) is 0.0200. The minimum absolute atomic E-state index is 0.0727. The summed E-state index contributed by atoms with van der Waals surface area (Å²) in [5.41, 5.74) is 1.02. The number of anilines is 1. The molecule has 0 aliphatic heterocycles. The molecule has 0 saturated carbocycles. The van der Waals surface area contributed by atoms with Crippen LogP contribution in [-0.4, -0.2) is 36.2 Å². The summed E-state index contributed by atoms with van der Waals surface area (Å²) in [5, 5.41) is 2.67. The van der Waals surface area contributed by atoms with Crippen molar-refractivity contribution in [2.24, 2.45) is 0 Å². The van der Waals surface area contributed by atoms with E-state index in [1.54, 1.807) is 43.6 Å². The zero-order chi connectivity index (χ0) is 21.2. The van der Waals surface area contributed by atoms with Crippen molar-refractivity contribution in [3.63, 3.8) is 0 Å². The van der Waals surface area contributed by atoms with Gasteiger partial charge in [-0.2, -0.15) is 0 Å². The molecule has 154 valence electrons. The molecule has 2 aromatic heterocycles. The second-order valence-corrected chi connectivity index (χ2v) is 6.03. The third-order valence-electron chi connectivity index (χ3n) is 3.79. The van der Waals surface area contributed by atoms with E-state index in [-0.39, 0.29) is 11.7 Å². The highest BCUT2D eigenvalue weighted by molar-refractivity contribution is 6.01. The molecular weight excluding hydrogens is 389 g/mol. The van der Waals surface area contributed by atoms with E-state index in [1.807, 2.05) is 0 Å². The van der Waals surface area contributed by atoms with Crippen LogP contribution in [0.1, 0.15) is 5.56 Å². The molecule has 0 saturated heterocycles. The second kappa shape index (κ2) is 10.7. The average molecular weight is 409 g/mol. The maximum absolute atomic E-state index is 14.2. The number of benzene rings is 1. The van der Waals surface area contributed by atoms with Crippen LogP contribution in [0.2, 0.25) is 0 Å². The standard InChI is InChI=1S/C22H20FN3O4/c1-28-11-12-29-22-9-6-17(14-25-22)26-21(27)8-5-16-4-7-20(19(23)13-16)30-18-3-2-10-24-15-18/h2-10,13-15H,11-12H2,1H3,(H,26,27)/b8-5+. The molecule has 0 radical (unpaired) electrons. The number of methoxy groups -OCH3 is 1. The number of hydrogen-bond acceptors (Lipinski definition) is 6. The van der Waals surface area contributed by atoms with Crippen molar-refractivity contribution in [3.8, 4) is 17.4 Å². The fourth-order valence-electron chi connectivity index (χ4n) is 2.36. The first-order valence-electron chi connectivity index (χ1n) is 9.08. The number of carbonyl (C=O) groups excluding carboxylic acids is 1. The Labute approximate surface area is 173 Å². The predicted molar refractivity (Wildman–Crippen MR) is 110 cm³/mol. The first kappa shape index (κ1) is 20.9. The Morgan fingerprint density at radius 2 is 2.07 bits per heavy atom. The van der Waals surface area contributed by atoms with E-state index in [4.69, 9.17) is 14.2 Å². The van der Waals surface area contributed by atoms with Crippen molar-refractivity contribution in [1.29, 1.82) is 0 Å². The molecule has 8 heteroatoms. The molecule has 1 N–H and O–H groups in total. The molecule has 1 amide bonds. The number of rotatable bonds is 9. The van der Waals surface area contributed by atoms with Gasteiger partial charge in [0.05, 0.1) is 24.7 Å². The molecular formula is C22H20FN3O4. The SMILES string of the molecule is COCCOc1ccc(NC(=O)/C=C/c2ccc(Oc3cccnc3)c(F)c2)cn1. The third kappa shape index (κ3) is 6.39. The van der Waals surface area contributed by atoms with Crippen molar-refractivity contribution >= 4 is 17.7 Å². The van der Waals surface area contributed by atoms with Gasteiger partial charge in [-0.3, -0.25) is 9.78 Å². The fraction of sp³-hybridized carbons (Fsp3) is 0.136. The molecule has 0 fully saturated rings. The maximum Gasteiger partial charge on any atom is 0.248 e. The quantitative estimate of drug-likeness (QED) is 0.424. The van der Waals surface area contributed by atoms with Crippen LogP contribution in [0.25, 0.3) is 6.08 Å². The van der Waals surface area contributed by atoms with Gasteiger partial charge in [-0.1, -0.05) is 6.07 Å². The summed E-state index contributed by atoms with van der Waals surface area (Å²) >= 11 is 0. The van der Waals surface area contributed by atoms with Gasteiger partial charge in [-0.05, 0) is 42.0 Å². The number of hydrogen-bond donors (Lipinski definition) is 1. The highest BCUT2D eigenvalue weighted by Crippen LogP contribution is 2.24. The Kier molecular flexibility index (Phi) is 7.45. The summed E-state index contributed by atoms with van der Waals surface area (Å²) in [6.07, 6.45) is 7.38. The molecule has 0 unspecified atom stereocenters. The van der Waals surface area contributed by atoms with Crippen LogP contribution in [0.3, 0.4) is 0 Å². The molecule has 3 aromatic rings. The number of carbonyl (C=O) groups is 1. The maximum atomic E-state index is 14.2. The van der Waals surface area contributed by atoms with E-state index in [2.05, 4.69) is 15.3 Å². The molecule has 0 spiro atoms. The van der Waals surface area contributed by atoms with Crippen molar-refractivity contribution in [2.45, 2.75) is 0 Å². The molecule has 0 bridgehead atoms. The van der Waals surface area contributed by atoms with Crippen molar-refractivity contribution in [2.75, 3.05) is 25.6 Å². The number of nitrogens with one attached hydrogen (secondary N) is 1. The Balaban J connectivity index is 1.55. The van der Waals surface area contributed by atoms with Gasteiger partial charge in [0.15, 0.2) is 11.6 Å². The smallest absolute Gasteiger partial charge is 0.248 e. The van der Waals surface area contributed by atoms with Crippen molar-refractivity contribution in [1.82, 2.24) is 9.97 Å². The van der Waals surface area contributed by atoms with Gasteiger partial charge in [0.2, 0.25) is 11.8 Å². The van der Waals surface area contributed by atoms with Gasteiger partial charge >= 0.3 is 0 Å². The van der Waals surface area contributed by atoms with E-state index in [0.717, 1.165) is 0 Å². The van der Waals surface area contributed by atoms with Crippen LogP contribution < -0.4 is 14.8 Å². The molecule has 0 aliphatic carbocycles. The van der Waals surface area contributed by atoms with Crippen LogP contribution in [-0.2, 0) is 9.53 Å². The third-order valence-corrected chi connectivity index (χ3v) is 3.79. The summed E-state index contributed by atoms with van der Waals surface area (Å²) in [4.78, 5) is 20.1. The van der Waals surface area contributed by atoms with Gasteiger partial charge in [0.25, 0.3) is 0 Å². The number of amides is 1. The topological polar surface area (TPSA) is 82.6 Å². The fourth-order valence-corrected chi connectivity index (χ4v) is 2.36. The van der Waals surface area contributed by atoms with Gasteiger partial charge in [-0.15, -0.1) is 0 Å². The van der Waals surface area contributed by atoms with E-state index in [1.165, 1.54) is 36.7 Å². The number of aromatic nitrogens is 2. The minimum atomic E-state index is -0.547. The normalized spacial score (nSPS) is 10.7. The summed E-state index contributed by atoms with van der Waals surface area (Å²) in [7, 11) is 1.59. The van der Waals surface area contributed by atoms with Crippen LogP contribution in [0.5, 0.6) is 17.4 Å². The van der Waals surface area contributed by atoms with E-state index >= 15 is 0 Å². The van der Waals surface area contributed by atoms with E-state index < -0.39 is 5.82 Å². The minimum Gasteiger partial charge on any atom is -0.475 e. The molecule has 1 aromatic carbocycles. The monoisotopic (exact) mass is 409 g/mol. The molecule has 30 heavy (non-hydrogen) atoms. The van der Waals surface area contributed by atoms with Crippen LogP contribution >= 0.6 is 0 Å².